The first-order chi connectivity index (χ1) is 13.5. The summed E-state index contributed by atoms with van der Waals surface area (Å²) >= 11 is 0. The van der Waals surface area contributed by atoms with E-state index in [1.807, 2.05) is 35.2 Å². The van der Waals surface area contributed by atoms with Gasteiger partial charge in [-0.15, -0.1) is 0 Å². The Labute approximate surface area is 161 Å². The molecule has 0 spiro atoms. The van der Waals surface area contributed by atoms with Crippen LogP contribution in [0, 0.1) is 0 Å². The number of hydrogen-bond donors (Lipinski definition) is 1. The fourth-order valence-corrected chi connectivity index (χ4v) is 3.57. The average Bonchev–Trinajstić information content (AvgIpc) is 3.11. The van der Waals surface area contributed by atoms with Crippen molar-refractivity contribution in [1.82, 2.24) is 18.7 Å². The van der Waals surface area contributed by atoms with Crippen LogP contribution in [0.5, 0.6) is 0 Å². The SMILES string of the molecule is Cn1c(=O)c2c(nc(N3CCOCC3)n2C[C@H](O)c2ccccc2)n(C)c1=O. The summed E-state index contributed by atoms with van der Waals surface area (Å²) < 4.78 is 9.58. The summed E-state index contributed by atoms with van der Waals surface area (Å²) in [5, 5.41) is 10.8. The summed E-state index contributed by atoms with van der Waals surface area (Å²) in [6.07, 6.45) is -0.819. The highest BCUT2D eigenvalue weighted by molar-refractivity contribution is 5.74. The van der Waals surface area contributed by atoms with E-state index in [0.717, 1.165) is 10.1 Å². The molecule has 3 aromatic rings. The Morgan fingerprint density at radius 2 is 1.79 bits per heavy atom. The van der Waals surface area contributed by atoms with Crippen LogP contribution in [-0.2, 0) is 25.4 Å². The summed E-state index contributed by atoms with van der Waals surface area (Å²) in [7, 11) is 3.04. The lowest BCUT2D eigenvalue weighted by atomic mass is 10.1. The van der Waals surface area contributed by atoms with Crippen LogP contribution in [0.2, 0.25) is 0 Å². The Hall–Kier alpha value is -2.91. The molecule has 1 N–H and O–H groups in total. The van der Waals surface area contributed by atoms with E-state index in [4.69, 9.17) is 4.74 Å². The van der Waals surface area contributed by atoms with Gasteiger partial charge in [0.1, 0.15) is 0 Å². The molecule has 9 nitrogen and oxygen atoms in total. The smallest absolute Gasteiger partial charge is 0.332 e. The van der Waals surface area contributed by atoms with E-state index in [1.165, 1.54) is 11.6 Å². The second-order valence-electron chi connectivity index (χ2n) is 6.93. The van der Waals surface area contributed by atoms with Gasteiger partial charge in [-0.3, -0.25) is 13.9 Å². The number of fused-ring (bicyclic) bond motifs is 1. The fraction of sp³-hybridized carbons (Fsp3) is 0.421. The van der Waals surface area contributed by atoms with Crippen molar-refractivity contribution in [3.63, 3.8) is 0 Å². The van der Waals surface area contributed by atoms with E-state index >= 15 is 0 Å². The van der Waals surface area contributed by atoms with Crippen LogP contribution in [0.1, 0.15) is 11.7 Å². The minimum atomic E-state index is -0.819. The van der Waals surface area contributed by atoms with Gasteiger partial charge in [-0.2, -0.15) is 4.98 Å². The zero-order valence-corrected chi connectivity index (χ0v) is 15.9. The molecular formula is C19H23N5O4. The van der Waals surface area contributed by atoms with Gasteiger partial charge in [0.25, 0.3) is 5.56 Å². The standard InChI is InChI=1S/C19H23N5O4/c1-21-16-15(17(26)22(2)19(21)27)24(12-14(25)13-6-4-3-5-7-13)18(20-16)23-8-10-28-11-9-23/h3-7,14,25H,8-12H2,1-2H3/t14-/m0/s1. The molecule has 1 aliphatic rings. The molecule has 4 rings (SSSR count). The van der Waals surface area contributed by atoms with E-state index in [1.54, 1.807) is 11.6 Å². The number of aliphatic hydroxyl groups is 1. The number of aryl methyl sites for hydroxylation is 1. The Morgan fingerprint density at radius 1 is 1.11 bits per heavy atom. The number of imidazole rings is 1. The van der Waals surface area contributed by atoms with Gasteiger partial charge in [0.15, 0.2) is 11.2 Å². The normalized spacial score (nSPS) is 15.9. The number of nitrogens with zero attached hydrogens (tertiary/aromatic N) is 5. The fourth-order valence-electron chi connectivity index (χ4n) is 3.57. The van der Waals surface area contributed by atoms with Gasteiger partial charge in [0.2, 0.25) is 5.95 Å². The Kier molecular flexibility index (Phi) is 4.78. The van der Waals surface area contributed by atoms with Crippen molar-refractivity contribution in [3.8, 4) is 0 Å². The summed E-state index contributed by atoms with van der Waals surface area (Å²) in [5.41, 5.74) is 0.513. The lowest BCUT2D eigenvalue weighted by Gasteiger charge is -2.28. The van der Waals surface area contributed by atoms with Crippen molar-refractivity contribution in [2.75, 3.05) is 31.2 Å². The molecule has 1 aliphatic heterocycles. The van der Waals surface area contributed by atoms with Crippen LogP contribution in [0.3, 0.4) is 0 Å². The third-order valence-electron chi connectivity index (χ3n) is 5.16. The van der Waals surface area contributed by atoms with Crippen molar-refractivity contribution in [2.24, 2.45) is 14.1 Å². The van der Waals surface area contributed by atoms with Gasteiger partial charge < -0.3 is 19.3 Å². The van der Waals surface area contributed by atoms with Gasteiger partial charge in [-0.05, 0) is 5.56 Å². The molecule has 1 aromatic carbocycles. The highest BCUT2D eigenvalue weighted by atomic mass is 16.5. The Balaban J connectivity index is 1.90. The zero-order chi connectivity index (χ0) is 19.8. The number of benzene rings is 1. The summed E-state index contributed by atoms with van der Waals surface area (Å²) in [6, 6.07) is 9.28. The number of rotatable bonds is 4. The minimum Gasteiger partial charge on any atom is -0.387 e. The second-order valence-corrected chi connectivity index (χ2v) is 6.93. The van der Waals surface area contributed by atoms with Gasteiger partial charge in [0.05, 0.1) is 25.9 Å². The Bertz CT molecular complexity index is 1110. The van der Waals surface area contributed by atoms with Crippen molar-refractivity contribution in [3.05, 3.63) is 56.7 Å². The molecule has 9 heteroatoms. The molecule has 28 heavy (non-hydrogen) atoms. The monoisotopic (exact) mass is 385 g/mol. The molecule has 3 heterocycles. The third-order valence-corrected chi connectivity index (χ3v) is 5.16. The number of aromatic nitrogens is 4. The van der Waals surface area contributed by atoms with Crippen molar-refractivity contribution >= 4 is 17.1 Å². The first-order valence-corrected chi connectivity index (χ1v) is 9.21. The van der Waals surface area contributed by atoms with Gasteiger partial charge in [-0.25, -0.2) is 4.79 Å². The highest BCUT2D eigenvalue weighted by Gasteiger charge is 2.25. The molecule has 1 fully saturated rings. The molecule has 0 amide bonds. The lowest BCUT2D eigenvalue weighted by molar-refractivity contribution is 0.120. The molecule has 0 saturated carbocycles. The second kappa shape index (κ2) is 7.25. The first-order valence-electron chi connectivity index (χ1n) is 9.21. The largest absolute Gasteiger partial charge is 0.387 e. The molecule has 0 bridgehead atoms. The van der Waals surface area contributed by atoms with Crippen LogP contribution in [0.15, 0.2) is 39.9 Å². The quantitative estimate of drug-likeness (QED) is 0.680. The number of hydrogen-bond acceptors (Lipinski definition) is 6. The summed E-state index contributed by atoms with van der Waals surface area (Å²) in [6.45, 7) is 2.52. The molecule has 0 aliphatic carbocycles. The molecule has 1 saturated heterocycles. The van der Waals surface area contributed by atoms with Crippen molar-refractivity contribution in [2.45, 2.75) is 12.6 Å². The zero-order valence-electron chi connectivity index (χ0n) is 15.9. The van der Waals surface area contributed by atoms with E-state index in [0.29, 0.717) is 43.4 Å². The lowest BCUT2D eigenvalue weighted by Crippen LogP contribution is -2.39. The van der Waals surface area contributed by atoms with Crippen LogP contribution in [0.4, 0.5) is 5.95 Å². The van der Waals surface area contributed by atoms with Crippen molar-refractivity contribution in [1.29, 1.82) is 0 Å². The summed E-state index contributed by atoms with van der Waals surface area (Å²) in [5.74, 6) is 0.562. The van der Waals surface area contributed by atoms with E-state index in [-0.39, 0.29) is 6.54 Å². The highest BCUT2D eigenvalue weighted by Crippen LogP contribution is 2.24. The minimum absolute atomic E-state index is 0.153. The number of anilines is 1. The predicted octanol–water partition coefficient (Wildman–Crippen LogP) is 0.00390. The molecule has 0 radical (unpaired) electrons. The maximum absolute atomic E-state index is 12.9. The van der Waals surface area contributed by atoms with E-state index in [2.05, 4.69) is 4.98 Å². The van der Waals surface area contributed by atoms with Gasteiger partial charge in [-0.1, -0.05) is 30.3 Å². The van der Waals surface area contributed by atoms with Crippen molar-refractivity contribution < 1.29 is 9.84 Å². The van der Waals surface area contributed by atoms with E-state index < -0.39 is 17.4 Å². The number of aliphatic hydroxyl groups excluding tert-OH is 1. The van der Waals surface area contributed by atoms with Crippen LogP contribution >= 0.6 is 0 Å². The molecular weight excluding hydrogens is 362 g/mol. The van der Waals surface area contributed by atoms with Crippen LogP contribution in [-0.4, -0.2) is 50.1 Å². The van der Waals surface area contributed by atoms with Gasteiger partial charge >= 0.3 is 5.69 Å². The average molecular weight is 385 g/mol. The molecule has 2 aromatic heterocycles. The van der Waals surface area contributed by atoms with Crippen LogP contribution in [0.25, 0.3) is 11.2 Å². The summed E-state index contributed by atoms with van der Waals surface area (Å²) in [4.78, 5) is 31.9. The van der Waals surface area contributed by atoms with E-state index in [9.17, 15) is 14.7 Å². The first kappa shape index (κ1) is 18.5. The maximum Gasteiger partial charge on any atom is 0.332 e. The van der Waals surface area contributed by atoms with Crippen LogP contribution < -0.4 is 16.1 Å². The number of ether oxygens (including phenoxy) is 1. The molecule has 148 valence electrons. The maximum atomic E-state index is 12.9. The molecule has 1 atom stereocenters. The van der Waals surface area contributed by atoms with Gasteiger partial charge in [0, 0.05) is 27.2 Å². The Morgan fingerprint density at radius 3 is 2.46 bits per heavy atom. The number of morpholine rings is 1. The topological polar surface area (TPSA) is 94.5 Å². The predicted molar refractivity (Wildman–Crippen MR) is 105 cm³/mol. The molecule has 0 unspecified atom stereocenters. The third kappa shape index (κ3) is 3.02.